The van der Waals surface area contributed by atoms with Gasteiger partial charge in [-0.05, 0) is 68.0 Å². The van der Waals surface area contributed by atoms with Gasteiger partial charge in [0.25, 0.3) is 5.91 Å². The number of nitrogens with zero attached hydrogens (tertiary/aromatic N) is 3. The maximum Gasteiger partial charge on any atom is 0.272 e. The molecular formula is C26H31N3O3. The number of aryl methyl sites for hydroxylation is 2. The van der Waals surface area contributed by atoms with Crippen LogP contribution in [0.3, 0.4) is 0 Å². The standard InChI is InChI=1S/C26H31N3O3/c1-17-10-12-28(13-11-17)26(30)24-16-22(21-9-8-20(31-4)15-25(21)32-5)27-29(24)23-14-18(2)6-7-19(23)3/h6-9,14-17H,10-13H2,1-5H3. The van der Waals surface area contributed by atoms with E-state index in [0.29, 0.717) is 28.8 Å². The van der Waals surface area contributed by atoms with Gasteiger partial charge in [-0.25, -0.2) is 4.68 Å². The largest absolute Gasteiger partial charge is 0.497 e. The Hall–Kier alpha value is -3.28. The third-order valence-corrected chi connectivity index (χ3v) is 6.28. The van der Waals surface area contributed by atoms with E-state index in [2.05, 4.69) is 25.1 Å². The lowest BCUT2D eigenvalue weighted by Crippen LogP contribution is -2.38. The van der Waals surface area contributed by atoms with Crippen molar-refractivity contribution in [3.63, 3.8) is 0 Å². The number of carbonyl (C=O) groups is 1. The monoisotopic (exact) mass is 433 g/mol. The van der Waals surface area contributed by atoms with Crippen molar-refractivity contribution in [2.24, 2.45) is 5.92 Å². The molecule has 3 aromatic rings. The number of hydrogen-bond acceptors (Lipinski definition) is 4. The lowest BCUT2D eigenvalue weighted by atomic mass is 9.99. The summed E-state index contributed by atoms with van der Waals surface area (Å²) in [5, 5.41) is 4.90. The predicted molar refractivity (Wildman–Crippen MR) is 126 cm³/mol. The van der Waals surface area contributed by atoms with Gasteiger partial charge >= 0.3 is 0 Å². The van der Waals surface area contributed by atoms with Crippen LogP contribution in [0.5, 0.6) is 11.5 Å². The first kappa shape index (κ1) is 21.9. The second kappa shape index (κ2) is 9.07. The molecule has 0 unspecified atom stereocenters. The summed E-state index contributed by atoms with van der Waals surface area (Å²) in [7, 11) is 3.25. The number of likely N-dealkylation sites (tertiary alicyclic amines) is 1. The second-order valence-corrected chi connectivity index (χ2v) is 8.66. The third kappa shape index (κ3) is 4.22. The molecule has 2 heterocycles. The average molecular weight is 434 g/mol. The van der Waals surface area contributed by atoms with Gasteiger partial charge < -0.3 is 14.4 Å². The molecule has 1 saturated heterocycles. The summed E-state index contributed by atoms with van der Waals surface area (Å²) in [6.07, 6.45) is 2.06. The molecule has 0 saturated carbocycles. The Morgan fingerprint density at radius 3 is 2.44 bits per heavy atom. The maximum absolute atomic E-state index is 13.6. The molecule has 1 aliphatic rings. The number of hydrogen-bond donors (Lipinski definition) is 0. The fourth-order valence-corrected chi connectivity index (χ4v) is 4.18. The molecule has 0 aliphatic carbocycles. The highest BCUT2D eigenvalue weighted by Gasteiger charge is 2.27. The Labute approximate surface area is 189 Å². The average Bonchev–Trinajstić information content (AvgIpc) is 3.25. The Bertz CT molecular complexity index is 1130. The Balaban J connectivity index is 1.84. The summed E-state index contributed by atoms with van der Waals surface area (Å²) in [5.74, 6) is 2.03. The molecular weight excluding hydrogens is 402 g/mol. The molecule has 6 heteroatoms. The summed E-state index contributed by atoms with van der Waals surface area (Å²) in [5.41, 5.74) is 5.18. The minimum Gasteiger partial charge on any atom is -0.497 e. The smallest absolute Gasteiger partial charge is 0.272 e. The third-order valence-electron chi connectivity index (χ3n) is 6.28. The summed E-state index contributed by atoms with van der Waals surface area (Å²) >= 11 is 0. The molecule has 0 N–H and O–H groups in total. The maximum atomic E-state index is 13.6. The molecule has 0 radical (unpaired) electrons. The first-order valence-electron chi connectivity index (χ1n) is 11.1. The Kier molecular flexibility index (Phi) is 6.21. The van der Waals surface area contributed by atoms with Crippen molar-refractivity contribution in [3.8, 4) is 28.4 Å². The number of aromatic nitrogens is 2. The topological polar surface area (TPSA) is 56.6 Å². The van der Waals surface area contributed by atoms with Crippen LogP contribution in [-0.4, -0.2) is 47.9 Å². The van der Waals surface area contributed by atoms with Gasteiger partial charge in [0.05, 0.1) is 25.6 Å². The molecule has 1 fully saturated rings. The van der Waals surface area contributed by atoms with Crippen LogP contribution in [0.2, 0.25) is 0 Å². The number of methoxy groups -OCH3 is 2. The van der Waals surface area contributed by atoms with Gasteiger partial charge in [-0.3, -0.25) is 4.79 Å². The van der Waals surface area contributed by atoms with E-state index in [0.717, 1.165) is 48.3 Å². The fraction of sp³-hybridized carbons (Fsp3) is 0.385. The van der Waals surface area contributed by atoms with E-state index in [1.807, 2.05) is 43.0 Å². The summed E-state index contributed by atoms with van der Waals surface area (Å²) in [6.45, 7) is 7.89. The van der Waals surface area contributed by atoms with Gasteiger partial charge in [-0.1, -0.05) is 19.1 Å². The van der Waals surface area contributed by atoms with Gasteiger partial charge in [0, 0.05) is 24.7 Å². The molecule has 0 bridgehead atoms. The second-order valence-electron chi connectivity index (χ2n) is 8.66. The first-order valence-corrected chi connectivity index (χ1v) is 11.1. The molecule has 32 heavy (non-hydrogen) atoms. The summed E-state index contributed by atoms with van der Waals surface area (Å²) < 4.78 is 12.7. The molecule has 0 spiro atoms. The Morgan fingerprint density at radius 2 is 1.75 bits per heavy atom. The number of ether oxygens (including phenoxy) is 2. The molecule has 1 aromatic heterocycles. The van der Waals surface area contributed by atoms with Crippen molar-refractivity contribution < 1.29 is 14.3 Å². The minimum absolute atomic E-state index is 0.0176. The van der Waals surface area contributed by atoms with Crippen LogP contribution >= 0.6 is 0 Å². The minimum atomic E-state index is 0.0176. The normalized spacial score (nSPS) is 14.5. The van der Waals surface area contributed by atoms with Crippen molar-refractivity contribution >= 4 is 5.91 Å². The van der Waals surface area contributed by atoms with Crippen LogP contribution in [-0.2, 0) is 0 Å². The van der Waals surface area contributed by atoms with Crippen molar-refractivity contribution in [1.29, 1.82) is 0 Å². The zero-order chi connectivity index (χ0) is 22.8. The lowest BCUT2D eigenvalue weighted by molar-refractivity contribution is 0.0688. The van der Waals surface area contributed by atoms with Gasteiger partial charge in [0.2, 0.25) is 0 Å². The van der Waals surface area contributed by atoms with Crippen molar-refractivity contribution in [3.05, 3.63) is 59.3 Å². The van der Waals surface area contributed by atoms with Crippen molar-refractivity contribution in [1.82, 2.24) is 14.7 Å². The van der Waals surface area contributed by atoms with Gasteiger partial charge in [0.1, 0.15) is 17.2 Å². The number of benzene rings is 2. The molecule has 1 aliphatic heterocycles. The van der Waals surface area contributed by atoms with Crippen LogP contribution < -0.4 is 9.47 Å². The van der Waals surface area contributed by atoms with Crippen LogP contribution in [0.4, 0.5) is 0 Å². The molecule has 6 nitrogen and oxygen atoms in total. The van der Waals surface area contributed by atoms with E-state index < -0.39 is 0 Å². The van der Waals surface area contributed by atoms with Crippen molar-refractivity contribution in [2.45, 2.75) is 33.6 Å². The van der Waals surface area contributed by atoms with Crippen LogP contribution in [0.15, 0.2) is 42.5 Å². The SMILES string of the molecule is COc1ccc(-c2cc(C(=O)N3CCC(C)CC3)n(-c3cc(C)ccc3C)n2)c(OC)c1. The van der Waals surface area contributed by atoms with Crippen LogP contribution in [0, 0.1) is 19.8 Å². The Morgan fingerprint density at radius 1 is 1.00 bits per heavy atom. The predicted octanol–water partition coefficient (Wildman–Crippen LogP) is 5.05. The zero-order valence-corrected chi connectivity index (χ0v) is 19.5. The van der Waals surface area contributed by atoms with Crippen molar-refractivity contribution in [2.75, 3.05) is 27.3 Å². The number of carbonyl (C=O) groups excluding carboxylic acids is 1. The van der Waals surface area contributed by atoms with Gasteiger partial charge in [-0.2, -0.15) is 5.10 Å². The van der Waals surface area contributed by atoms with E-state index in [1.54, 1.807) is 18.9 Å². The fourth-order valence-electron chi connectivity index (χ4n) is 4.18. The van der Waals surface area contributed by atoms with Crippen LogP contribution in [0.1, 0.15) is 41.4 Å². The van der Waals surface area contributed by atoms with Gasteiger partial charge in [0.15, 0.2) is 0 Å². The number of rotatable bonds is 5. The zero-order valence-electron chi connectivity index (χ0n) is 19.5. The van der Waals surface area contributed by atoms with E-state index in [1.165, 1.54) is 0 Å². The van der Waals surface area contributed by atoms with E-state index >= 15 is 0 Å². The summed E-state index contributed by atoms with van der Waals surface area (Å²) in [6, 6.07) is 13.7. The number of piperidine rings is 1. The highest BCUT2D eigenvalue weighted by atomic mass is 16.5. The molecule has 1 amide bonds. The molecule has 2 aromatic carbocycles. The quantitative estimate of drug-likeness (QED) is 0.565. The lowest BCUT2D eigenvalue weighted by Gasteiger charge is -2.30. The van der Waals surface area contributed by atoms with E-state index in [9.17, 15) is 4.79 Å². The van der Waals surface area contributed by atoms with Gasteiger partial charge in [-0.15, -0.1) is 0 Å². The number of amides is 1. The van der Waals surface area contributed by atoms with E-state index in [4.69, 9.17) is 14.6 Å². The highest BCUT2D eigenvalue weighted by Crippen LogP contribution is 2.34. The van der Waals surface area contributed by atoms with Crippen LogP contribution in [0.25, 0.3) is 16.9 Å². The molecule has 0 atom stereocenters. The molecule has 4 rings (SSSR count). The van der Waals surface area contributed by atoms with E-state index in [-0.39, 0.29) is 5.91 Å². The molecule has 168 valence electrons. The first-order chi connectivity index (χ1) is 15.4. The summed E-state index contributed by atoms with van der Waals surface area (Å²) in [4.78, 5) is 15.6. The highest BCUT2D eigenvalue weighted by molar-refractivity contribution is 5.94.